The largest absolute Gasteiger partial charge is 0.396 e. The van der Waals surface area contributed by atoms with Crippen molar-refractivity contribution in [1.82, 2.24) is 0 Å². The SMILES string of the molecule is CC(C)c1c(Cl)cc2c(c1Cl)CC[C@@]1(N)[C@](C)(CO)CCC[C@@]21C. The lowest BCUT2D eigenvalue weighted by Gasteiger charge is -2.62. The molecule has 3 atom stereocenters. The highest BCUT2D eigenvalue weighted by atomic mass is 35.5. The monoisotopic (exact) mass is 369 g/mol. The highest BCUT2D eigenvalue weighted by Crippen LogP contribution is 2.59. The first-order valence-corrected chi connectivity index (χ1v) is 9.78. The van der Waals surface area contributed by atoms with Crippen molar-refractivity contribution in [3.05, 3.63) is 32.8 Å². The van der Waals surface area contributed by atoms with Gasteiger partial charge in [0.1, 0.15) is 0 Å². The molecule has 0 unspecified atom stereocenters. The molecule has 0 saturated heterocycles. The van der Waals surface area contributed by atoms with E-state index in [0.29, 0.717) is 5.92 Å². The van der Waals surface area contributed by atoms with Gasteiger partial charge in [0.25, 0.3) is 0 Å². The Bertz CT molecular complexity index is 674. The van der Waals surface area contributed by atoms with Crippen molar-refractivity contribution in [2.75, 3.05) is 6.61 Å². The summed E-state index contributed by atoms with van der Waals surface area (Å²) in [6.07, 6.45) is 4.75. The Hall–Kier alpha value is -0.280. The van der Waals surface area contributed by atoms with Gasteiger partial charge < -0.3 is 10.8 Å². The molecule has 1 fully saturated rings. The van der Waals surface area contributed by atoms with Crippen LogP contribution in [0.1, 0.15) is 76.0 Å². The van der Waals surface area contributed by atoms with Crippen LogP contribution in [-0.2, 0) is 11.8 Å². The van der Waals surface area contributed by atoms with Crippen LogP contribution in [0.3, 0.4) is 0 Å². The third kappa shape index (κ3) is 2.23. The van der Waals surface area contributed by atoms with Crippen molar-refractivity contribution in [2.45, 2.75) is 76.7 Å². The minimum Gasteiger partial charge on any atom is -0.396 e. The molecule has 0 bridgehead atoms. The second kappa shape index (κ2) is 5.87. The number of halogens is 2. The lowest BCUT2D eigenvalue weighted by Crippen LogP contribution is -2.70. The molecular weight excluding hydrogens is 341 g/mol. The van der Waals surface area contributed by atoms with Crippen molar-refractivity contribution in [3.63, 3.8) is 0 Å². The second-order valence-corrected chi connectivity index (χ2v) is 9.43. The van der Waals surface area contributed by atoms with Gasteiger partial charge in [-0.1, -0.05) is 57.3 Å². The maximum absolute atomic E-state index is 10.1. The normalized spacial score (nSPS) is 35.7. The van der Waals surface area contributed by atoms with E-state index in [-0.39, 0.29) is 17.4 Å². The molecule has 24 heavy (non-hydrogen) atoms. The van der Waals surface area contributed by atoms with Crippen molar-refractivity contribution in [3.8, 4) is 0 Å². The summed E-state index contributed by atoms with van der Waals surface area (Å²) in [5.41, 5.74) is 9.61. The van der Waals surface area contributed by atoms with Gasteiger partial charge in [0.15, 0.2) is 0 Å². The summed E-state index contributed by atoms with van der Waals surface area (Å²) >= 11 is 13.4. The third-order valence-corrected chi connectivity index (χ3v) is 7.86. The number of fused-ring (bicyclic) bond motifs is 3. The van der Waals surface area contributed by atoms with Crippen LogP contribution in [0.2, 0.25) is 10.0 Å². The third-order valence-electron chi connectivity index (χ3n) is 7.11. The molecule has 1 saturated carbocycles. The van der Waals surface area contributed by atoms with Crippen LogP contribution in [0.4, 0.5) is 0 Å². The van der Waals surface area contributed by atoms with E-state index in [4.69, 9.17) is 28.9 Å². The predicted octanol–water partition coefficient (Wildman–Crippen LogP) is 5.20. The van der Waals surface area contributed by atoms with Crippen LogP contribution >= 0.6 is 23.2 Å². The Balaban J connectivity index is 2.25. The number of hydrogen-bond donors (Lipinski definition) is 2. The summed E-state index contributed by atoms with van der Waals surface area (Å²) in [6.45, 7) is 8.77. The molecule has 0 spiro atoms. The van der Waals surface area contributed by atoms with E-state index >= 15 is 0 Å². The fourth-order valence-electron chi connectivity index (χ4n) is 5.38. The predicted molar refractivity (Wildman–Crippen MR) is 102 cm³/mol. The van der Waals surface area contributed by atoms with Crippen LogP contribution in [-0.4, -0.2) is 17.3 Å². The average Bonchev–Trinajstić information content (AvgIpc) is 2.50. The first-order valence-electron chi connectivity index (χ1n) is 9.02. The summed E-state index contributed by atoms with van der Waals surface area (Å²) in [5, 5.41) is 11.7. The Kier molecular flexibility index (Phi) is 4.53. The maximum atomic E-state index is 10.1. The second-order valence-electron chi connectivity index (χ2n) is 8.64. The molecule has 0 aliphatic heterocycles. The average molecular weight is 370 g/mol. The van der Waals surface area contributed by atoms with Crippen molar-refractivity contribution >= 4 is 23.2 Å². The van der Waals surface area contributed by atoms with E-state index in [1.54, 1.807) is 0 Å². The van der Waals surface area contributed by atoms with Crippen LogP contribution in [0.15, 0.2) is 6.07 Å². The van der Waals surface area contributed by atoms with Crippen LogP contribution in [0.25, 0.3) is 0 Å². The molecular formula is C20H29Cl2NO. The molecule has 2 aliphatic rings. The number of benzene rings is 1. The Labute approximate surface area is 155 Å². The molecule has 1 aromatic rings. The smallest absolute Gasteiger partial charge is 0.0502 e. The molecule has 4 heteroatoms. The Morgan fingerprint density at radius 3 is 2.46 bits per heavy atom. The fraction of sp³-hybridized carbons (Fsp3) is 0.700. The quantitative estimate of drug-likeness (QED) is 0.752. The molecule has 0 amide bonds. The molecule has 0 radical (unpaired) electrons. The van der Waals surface area contributed by atoms with Crippen LogP contribution in [0.5, 0.6) is 0 Å². The first kappa shape index (κ1) is 18.5. The van der Waals surface area contributed by atoms with Gasteiger partial charge in [-0.2, -0.15) is 0 Å². The van der Waals surface area contributed by atoms with Gasteiger partial charge in [-0.05, 0) is 54.4 Å². The molecule has 3 N–H and O–H groups in total. The number of aliphatic hydroxyl groups is 1. The van der Waals surface area contributed by atoms with E-state index in [2.05, 4.69) is 33.8 Å². The summed E-state index contributed by atoms with van der Waals surface area (Å²) in [4.78, 5) is 0. The first-order chi connectivity index (χ1) is 11.1. The standard InChI is InChI=1S/C20H29Cl2NO/c1-12(2)16-15(21)10-14-13(17(16)22)6-9-20(23)18(3,11-24)7-5-8-19(14,20)4/h10,12,24H,5-9,11,23H2,1-4H3/t18-,19-,20+/m0/s1. The van der Waals surface area contributed by atoms with Gasteiger partial charge in [0.05, 0.1) is 6.61 Å². The number of hydrogen-bond acceptors (Lipinski definition) is 2. The van der Waals surface area contributed by atoms with E-state index in [9.17, 15) is 5.11 Å². The van der Waals surface area contributed by atoms with Crippen molar-refractivity contribution in [2.24, 2.45) is 11.1 Å². The lowest BCUT2D eigenvalue weighted by molar-refractivity contribution is -0.0426. The summed E-state index contributed by atoms with van der Waals surface area (Å²) in [6, 6.07) is 2.11. The van der Waals surface area contributed by atoms with Gasteiger partial charge in [0.2, 0.25) is 0 Å². The van der Waals surface area contributed by atoms with Gasteiger partial charge in [-0.15, -0.1) is 0 Å². The van der Waals surface area contributed by atoms with Crippen LogP contribution < -0.4 is 5.73 Å². The number of nitrogens with two attached hydrogens (primary N) is 1. The molecule has 134 valence electrons. The highest BCUT2D eigenvalue weighted by Gasteiger charge is 2.61. The number of aliphatic hydroxyl groups excluding tert-OH is 1. The van der Waals surface area contributed by atoms with Gasteiger partial charge in [0, 0.05) is 26.4 Å². The van der Waals surface area contributed by atoms with Crippen LogP contribution in [0, 0.1) is 5.41 Å². The highest BCUT2D eigenvalue weighted by molar-refractivity contribution is 6.36. The summed E-state index contributed by atoms with van der Waals surface area (Å²) < 4.78 is 0. The molecule has 0 aromatic heterocycles. The summed E-state index contributed by atoms with van der Waals surface area (Å²) in [5.74, 6) is 0.293. The molecule has 0 heterocycles. The molecule has 1 aromatic carbocycles. The van der Waals surface area contributed by atoms with E-state index in [1.807, 2.05) is 0 Å². The van der Waals surface area contributed by atoms with Crippen molar-refractivity contribution in [1.29, 1.82) is 0 Å². The minimum atomic E-state index is -0.438. The van der Waals surface area contributed by atoms with Gasteiger partial charge >= 0.3 is 0 Å². The Morgan fingerprint density at radius 2 is 1.88 bits per heavy atom. The zero-order chi connectivity index (χ0) is 17.9. The maximum Gasteiger partial charge on any atom is 0.0502 e. The molecule has 2 aliphatic carbocycles. The minimum absolute atomic E-state index is 0.125. The molecule has 2 nitrogen and oxygen atoms in total. The van der Waals surface area contributed by atoms with Crippen molar-refractivity contribution < 1.29 is 5.11 Å². The van der Waals surface area contributed by atoms with Gasteiger partial charge in [-0.25, -0.2) is 0 Å². The number of rotatable bonds is 2. The fourth-order valence-corrected chi connectivity index (χ4v) is 6.37. The van der Waals surface area contributed by atoms with E-state index in [1.165, 1.54) is 11.1 Å². The van der Waals surface area contributed by atoms with E-state index < -0.39 is 5.54 Å². The zero-order valence-corrected chi connectivity index (χ0v) is 16.7. The summed E-state index contributed by atoms with van der Waals surface area (Å²) in [7, 11) is 0. The zero-order valence-electron chi connectivity index (χ0n) is 15.2. The van der Waals surface area contributed by atoms with E-state index in [0.717, 1.165) is 47.7 Å². The lowest BCUT2D eigenvalue weighted by atomic mass is 9.45. The van der Waals surface area contributed by atoms with Gasteiger partial charge in [-0.3, -0.25) is 0 Å². The Morgan fingerprint density at radius 1 is 1.21 bits per heavy atom. The topological polar surface area (TPSA) is 46.2 Å². The molecule has 3 rings (SSSR count).